The van der Waals surface area contributed by atoms with E-state index in [4.69, 9.17) is 9.47 Å². The minimum atomic E-state index is -1.45. The van der Waals surface area contributed by atoms with Gasteiger partial charge in [-0.25, -0.2) is 4.79 Å². The van der Waals surface area contributed by atoms with Gasteiger partial charge >= 0.3 is 6.03 Å². The molecule has 2 aromatic rings. The van der Waals surface area contributed by atoms with Crippen molar-refractivity contribution in [3.63, 3.8) is 0 Å². The van der Waals surface area contributed by atoms with Crippen molar-refractivity contribution < 1.29 is 23.9 Å². The second kappa shape index (κ2) is 9.84. The van der Waals surface area contributed by atoms with Crippen molar-refractivity contribution in [2.45, 2.75) is 50.1 Å². The molecule has 0 spiro atoms. The van der Waals surface area contributed by atoms with Crippen LogP contribution in [0.4, 0.5) is 4.79 Å². The monoisotopic (exact) mass is 491 g/mol. The van der Waals surface area contributed by atoms with Crippen LogP contribution in [-0.2, 0) is 15.1 Å². The maximum absolute atomic E-state index is 14.1. The number of ether oxygens (including phenoxy) is 2. The van der Waals surface area contributed by atoms with Crippen LogP contribution >= 0.6 is 0 Å². The van der Waals surface area contributed by atoms with E-state index in [1.54, 1.807) is 62.8 Å². The van der Waals surface area contributed by atoms with E-state index in [0.29, 0.717) is 35.1 Å². The third kappa shape index (κ3) is 4.08. The molecule has 0 bridgehead atoms. The van der Waals surface area contributed by atoms with Gasteiger partial charge in [0.2, 0.25) is 5.91 Å². The first-order valence-corrected chi connectivity index (χ1v) is 12.7. The van der Waals surface area contributed by atoms with Crippen LogP contribution in [0.2, 0.25) is 0 Å². The van der Waals surface area contributed by atoms with Crippen molar-refractivity contribution in [3.8, 4) is 11.5 Å². The number of amides is 4. The summed E-state index contributed by atoms with van der Waals surface area (Å²) in [5.74, 6) is 1.18. The molecule has 36 heavy (non-hydrogen) atoms. The maximum Gasteiger partial charge on any atom is 0.326 e. The summed E-state index contributed by atoms with van der Waals surface area (Å²) in [4.78, 5) is 43.8. The van der Waals surface area contributed by atoms with E-state index in [2.05, 4.69) is 5.32 Å². The number of likely N-dealkylation sites (tertiary alicyclic amines) is 1. The molecule has 1 aliphatic carbocycles. The van der Waals surface area contributed by atoms with Gasteiger partial charge in [-0.05, 0) is 67.0 Å². The zero-order valence-corrected chi connectivity index (χ0v) is 20.9. The van der Waals surface area contributed by atoms with Crippen LogP contribution in [0.25, 0.3) is 0 Å². The third-order valence-electron chi connectivity index (χ3n) is 8.01. The van der Waals surface area contributed by atoms with Crippen molar-refractivity contribution in [2.24, 2.45) is 5.92 Å². The minimum Gasteiger partial charge on any atom is -0.497 e. The third-order valence-corrected chi connectivity index (χ3v) is 8.01. The van der Waals surface area contributed by atoms with Crippen LogP contribution in [0.5, 0.6) is 11.5 Å². The van der Waals surface area contributed by atoms with Crippen molar-refractivity contribution in [1.82, 2.24) is 15.1 Å². The molecule has 2 aliphatic heterocycles. The number of rotatable bonds is 6. The number of hydrogen-bond donors (Lipinski definition) is 1. The number of carbonyl (C=O) groups excluding carboxylic acids is 3. The number of hydrogen-bond acceptors (Lipinski definition) is 5. The Morgan fingerprint density at radius 2 is 1.44 bits per heavy atom. The van der Waals surface area contributed by atoms with Crippen molar-refractivity contribution in [2.75, 3.05) is 27.3 Å². The molecule has 3 aliphatic rings. The minimum absolute atomic E-state index is 0.157. The highest BCUT2D eigenvalue weighted by Crippen LogP contribution is 2.39. The molecule has 2 atom stereocenters. The second-order valence-electron chi connectivity index (χ2n) is 9.87. The molecule has 2 heterocycles. The second-order valence-corrected chi connectivity index (χ2v) is 9.87. The number of nitrogens with zero attached hydrogens (tertiary/aromatic N) is 2. The molecule has 0 radical (unpaired) electrons. The molecule has 0 aromatic heterocycles. The number of benzene rings is 2. The van der Waals surface area contributed by atoms with Crippen molar-refractivity contribution in [3.05, 3.63) is 59.7 Å². The number of carbonyl (C=O) groups is 3. The summed E-state index contributed by atoms with van der Waals surface area (Å²) in [5, 5.41) is 2.92. The van der Waals surface area contributed by atoms with Gasteiger partial charge in [0, 0.05) is 12.6 Å². The fourth-order valence-electron chi connectivity index (χ4n) is 6.12. The Morgan fingerprint density at radius 3 is 2.03 bits per heavy atom. The van der Waals surface area contributed by atoms with Crippen LogP contribution < -0.4 is 14.8 Å². The Labute approximate surface area is 211 Å². The van der Waals surface area contributed by atoms with Crippen LogP contribution in [0.1, 0.15) is 49.7 Å². The number of fused-ring (bicyclic) bond motifs is 1. The first kappa shape index (κ1) is 24.2. The van der Waals surface area contributed by atoms with E-state index in [-0.39, 0.29) is 18.5 Å². The molecular weight excluding hydrogens is 458 g/mol. The molecule has 2 aromatic carbocycles. The Hall–Kier alpha value is -3.55. The van der Waals surface area contributed by atoms with Gasteiger partial charge in [-0.1, -0.05) is 37.1 Å². The summed E-state index contributed by atoms with van der Waals surface area (Å²) < 4.78 is 10.6. The smallest absolute Gasteiger partial charge is 0.326 e. The highest BCUT2D eigenvalue weighted by atomic mass is 16.5. The van der Waals surface area contributed by atoms with Crippen LogP contribution in [0.15, 0.2) is 48.5 Å². The topological polar surface area (TPSA) is 88.2 Å². The van der Waals surface area contributed by atoms with Gasteiger partial charge in [0.1, 0.15) is 18.0 Å². The first-order valence-electron chi connectivity index (χ1n) is 12.7. The van der Waals surface area contributed by atoms with Crippen LogP contribution in [-0.4, -0.2) is 61.0 Å². The van der Waals surface area contributed by atoms with E-state index in [0.717, 1.165) is 37.0 Å². The summed E-state index contributed by atoms with van der Waals surface area (Å²) in [5.41, 5.74) is -0.273. The molecule has 1 saturated carbocycles. The Kier molecular flexibility index (Phi) is 6.60. The summed E-state index contributed by atoms with van der Waals surface area (Å²) in [6.45, 7) is 0.424. The summed E-state index contributed by atoms with van der Waals surface area (Å²) in [6, 6.07) is 13.7. The molecule has 3 fully saturated rings. The SMILES string of the molecule is COc1ccc(C2(c3ccc(OC)cc3)NC(=O)N(CC(=O)N3CCC[C@H]4CCCC[C@H]43)C2=O)cc1. The fraction of sp³-hybridized carbons (Fsp3) is 0.464. The number of nitrogens with one attached hydrogen (secondary N) is 1. The molecule has 8 heteroatoms. The molecule has 2 saturated heterocycles. The van der Waals surface area contributed by atoms with Crippen LogP contribution in [0.3, 0.4) is 0 Å². The molecule has 1 N–H and O–H groups in total. The lowest BCUT2D eigenvalue weighted by molar-refractivity contribution is -0.142. The highest BCUT2D eigenvalue weighted by molar-refractivity contribution is 6.11. The number of piperidine rings is 1. The van der Waals surface area contributed by atoms with Gasteiger partial charge in [-0.15, -0.1) is 0 Å². The maximum atomic E-state index is 14.1. The normalized spacial score (nSPS) is 23.2. The summed E-state index contributed by atoms with van der Waals surface area (Å²) in [7, 11) is 3.14. The first-order chi connectivity index (χ1) is 17.5. The van der Waals surface area contributed by atoms with Crippen molar-refractivity contribution >= 4 is 17.8 Å². The predicted octanol–water partition coefficient (Wildman–Crippen LogP) is 3.68. The van der Waals surface area contributed by atoms with Gasteiger partial charge in [0.05, 0.1) is 14.2 Å². The number of urea groups is 1. The van der Waals surface area contributed by atoms with Gasteiger partial charge < -0.3 is 19.7 Å². The van der Waals surface area contributed by atoms with Crippen LogP contribution in [0, 0.1) is 5.92 Å². The van der Waals surface area contributed by atoms with Gasteiger partial charge in [-0.3, -0.25) is 14.5 Å². The van der Waals surface area contributed by atoms with E-state index < -0.39 is 17.5 Å². The zero-order chi connectivity index (χ0) is 25.3. The number of methoxy groups -OCH3 is 2. The molecule has 5 rings (SSSR count). The summed E-state index contributed by atoms with van der Waals surface area (Å²) >= 11 is 0. The van der Waals surface area contributed by atoms with E-state index >= 15 is 0 Å². The van der Waals surface area contributed by atoms with E-state index in [1.165, 1.54) is 6.42 Å². The highest BCUT2D eigenvalue weighted by Gasteiger charge is 2.54. The largest absolute Gasteiger partial charge is 0.497 e. The Morgan fingerprint density at radius 1 is 0.889 bits per heavy atom. The number of imide groups is 1. The average molecular weight is 492 g/mol. The quantitative estimate of drug-likeness (QED) is 0.623. The molecule has 190 valence electrons. The molecule has 8 nitrogen and oxygen atoms in total. The lowest BCUT2D eigenvalue weighted by Crippen LogP contribution is -2.53. The van der Waals surface area contributed by atoms with Gasteiger partial charge in [-0.2, -0.15) is 0 Å². The zero-order valence-electron chi connectivity index (χ0n) is 20.9. The van der Waals surface area contributed by atoms with Gasteiger partial charge in [0.15, 0.2) is 5.54 Å². The van der Waals surface area contributed by atoms with Crippen molar-refractivity contribution in [1.29, 1.82) is 0 Å². The van der Waals surface area contributed by atoms with E-state index in [1.807, 2.05) is 4.90 Å². The molecule has 4 amide bonds. The standard InChI is InChI=1S/C28H33N3O5/c1-35-22-13-9-20(10-14-22)28(21-11-15-23(36-2)16-12-21)26(33)31(27(34)29-28)18-25(32)30-17-5-7-19-6-3-4-8-24(19)30/h9-16,19,24H,3-8,17-18H2,1-2H3,(H,29,34)/t19-,24-/m1/s1. The fourth-order valence-corrected chi connectivity index (χ4v) is 6.12. The molecule has 0 unspecified atom stereocenters. The lowest BCUT2D eigenvalue weighted by Gasteiger charge is -2.44. The average Bonchev–Trinajstić information content (AvgIpc) is 3.18. The Balaban J connectivity index is 1.46. The molecular formula is C28H33N3O5. The lowest BCUT2D eigenvalue weighted by atomic mass is 9.78. The Bertz CT molecular complexity index is 1080. The summed E-state index contributed by atoms with van der Waals surface area (Å²) in [6.07, 6.45) is 6.59. The van der Waals surface area contributed by atoms with E-state index in [9.17, 15) is 14.4 Å². The predicted molar refractivity (Wildman–Crippen MR) is 134 cm³/mol. The van der Waals surface area contributed by atoms with Gasteiger partial charge in [0.25, 0.3) is 5.91 Å².